The summed E-state index contributed by atoms with van der Waals surface area (Å²) in [5, 5.41) is 11.1. The van der Waals surface area contributed by atoms with Crippen LogP contribution < -0.4 is 21.3 Å². The summed E-state index contributed by atoms with van der Waals surface area (Å²) in [6, 6.07) is -8.77. The molecule has 0 fully saturated rings. The van der Waals surface area contributed by atoms with Crippen molar-refractivity contribution < 1.29 is 57.4 Å². The molecule has 74 heavy (non-hydrogen) atoms. The van der Waals surface area contributed by atoms with E-state index < -0.39 is 120 Å². The SMILES string of the molecule is C/C=C/C[C@@H](C)[C@@H](OC(C)=O)[C@@H](C(=O)N[C@@H](CC)C(=O)N(C)CC(=O)OC)N(C)C(=O)[C@H](C(C)C)N(C)C(=O)[C@H](CC(C)C)N(C)C(=O)[C@H](CC(C)C)N(C)C(=O)[C@@H](C)NC(=O)[C@H](C)NC(=O)[C@H](CC(C)C)NC. The van der Waals surface area contributed by atoms with Crippen molar-refractivity contribution in [2.45, 2.75) is 183 Å². The zero-order valence-corrected chi connectivity index (χ0v) is 48.6. The summed E-state index contributed by atoms with van der Waals surface area (Å²) in [5.41, 5.74) is 0. The highest BCUT2D eigenvalue weighted by atomic mass is 16.5. The van der Waals surface area contributed by atoms with E-state index in [1.165, 1.54) is 77.8 Å². The quantitative estimate of drug-likeness (QED) is 0.0577. The number of nitrogens with zero attached hydrogens (tertiary/aromatic N) is 5. The van der Waals surface area contributed by atoms with Gasteiger partial charge in [0.05, 0.1) is 13.2 Å². The first-order valence-electron chi connectivity index (χ1n) is 26.0. The minimum atomic E-state index is -1.53. The Kier molecular flexibility index (Phi) is 30.2. The third-order valence-corrected chi connectivity index (χ3v) is 13.0. The van der Waals surface area contributed by atoms with E-state index in [9.17, 15) is 38.4 Å². The van der Waals surface area contributed by atoms with E-state index in [0.29, 0.717) is 12.8 Å². The van der Waals surface area contributed by atoms with Crippen LogP contribution in [0.15, 0.2) is 12.2 Å². The molecular weight excluding hydrogens is 955 g/mol. The van der Waals surface area contributed by atoms with Gasteiger partial charge in [0.15, 0.2) is 0 Å². The van der Waals surface area contributed by atoms with Crippen molar-refractivity contribution in [1.29, 1.82) is 0 Å². The summed E-state index contributed by atoms with van der Waals surface area (Å²) in [7, 11) is 9.97. The lowest BCUT2D eigenvalue weighted by Gasteiger charge is -2.42. The molecule has 0 aliphatic heterocycles. The first kappa shape index (κ1) is 68.4. The predicted molar refractivity (Wildman–Crippen MR) is 284 cm³/mol. The maximum absolute atomic E-state index is 15.1. The molecule has 424 valence electrons. The maximum atomic E-state index is 15.1. The topological polar surface area (TPSA) is 253 Å². The molecular formula is C53H95N9O12. The van der Waals surface area contributed by atoms with Gasteiger partial charge in [0.2, 0.25) is 47.3 Å². The minimum Gasteiger partial charge on any atom is -0.468 e. The Morgan fingerprint density at radius 2 is 1.03 bits per heavy atom. The average molecular weight is 1050 g/mol. The van der Waals surface area contributed by atoms with Crippen LogP contribution in [0.3, 0.4) is 0 Å². The zero-order valence-electron chi connectivity index (χ0n) is 48.6. The summed E-state index contributed by atoms with van der Waals surface area (Å²) < 4.78 is 10.5. The number of carbonyl (C=O) groups excluding carboxylic acids is 10. The van der Waals surface area contributed by atoms with Crippen LogP contribution in [0.25, 0.3) is 0 Å². The van der Waals surface area contributed by atoms with Crippen LogP contribution in [0.5, 0.6) is 0 Å². The highest BCUT2D eigenvalue weighted by molar-refractivity contribution is 5.98. The monoisotopic (exact) mass is 1050 g/mol. The van der Waals surface area contributed by atoms with E-state index in [0.717, 1.165) is 9.80 Å². The third kappa shape index (κ3) is 21.0. The fraction of sp³-hybridized carbons (Fsp3) is 0.774. The van der Waals surface area contributed by atoms with Crippen molar-refractivity contribution in [3.8, 4) is 0 Å². The Labute approximate surface area is 442 Å². The molecule has 0 heterocycles. The molecule has 0 unspecified atom stereocenters. The van der Waals surface area contributed by atoms with E-state index in [2.05, 4.69) is 21.3 Å². The smallest absolute Gasteiger partial charge is 0.325 e. The summed E-state index contributed by atoms with van der Waals surface area (Å²) >= 11 is 0. The molecule has 0 aromatic carbocycles. The molecule has 4 N–H and O–H groups in total. The van der Waals surface area contributed by atoms with Crippen molar-refractivity contribution in [3.63, 3.8) is 0 Å². The normalized spacial score (nSPS) is 15.6. The van der Waals surface area contributed by atoms with Crippen molar-refractivity contribution in [3.05, 3.63) is 12.2 Å². The number of allylic oxidation sites excluding steroid dienone is 2. The van der Waals surface area contributed by atoms with E-state index in [1.807, 2.05) is 47.6 Å². The summed E-state index contributed by atoms with van der Waals surface area (Å²) in [5.74, 6) is -7.37. The Morgan fingerprint density at radius 1 is 0.554 bits per heavy atom. The van der Waals surface area contributed by atoms with Gasteiger partial charge in [-0.15, -0.1) is 0 Å². The van der Waals surface area contributed by atoms with Crippen LogP contribution in [0, 0.1) is 29.6 Å². The first-order valence-corrected chi connectivity index (χ1v) is 26.0. The number of amides is 8. The lowest BCUT2D eigenvalue weighted by atomic mass is 9.91. The Balaban J connectivity index is 7.22. The molecule has 21 heteroatoms. The van der Waals surface area contributed by atoms with Gasteiger partial charge in [-0.2, -0.15) is 0 Å². The molecule has 0 radical (unpaired) electrons. The maximum Gasteiger partial charge on any atom is 0.325 e. The number of likely N-dealkylation sites (N-methyl/N-ethyl adjacent to an activating group) is 6. The van der Waals surface area contributed by atoms with Crippen LogP contribution in [-0.4, -0.2) is 194 Å². The van der Waals surface area contributed by atoms with E-state index in [1.54, 1.807) is 47.7 Å². The van der Waals surface area contributed by atoms with E-state index in [4.69, 9.17) is 9.47 Å². The van der Waals surface area contributed by atoms with Gasteiger partial charge in [-0.1, -0.05) is 81.4 Å². The lowest BCUT2D eigenvalue weighted by Crippen LogP contribution is -2.64. The van der Waals surface area contributed by atoms with Crippen LogP contribution in [-0.2, 0) is 57.4 Å². The molecule has 0 aliphatic carbocycles. The highest BCUT2D eigenvalue weighted by Gasteiger charge is 2.46. The third-order valence-electron chi connectivity index (χ3n) is 13.0. The molecule has 0 aliphatic rings. The van der Waals surface area contributed by atoms with Crippen LogP contribution in [0.4, 0.5) is 0 Å². The van der Waals surface area contributed by atoms with Gasteiger partial charge in [-0.25, -0.2) is 0 Å². The van der Waals surface area contributed by atoms with Gasteiger partial charge >= 0.3 is 11.9 Å². The number of rotatable bonds is 31. The zero-order chi connectivity index (χ0) is 57.6. The second-order valence-electron chi connectivity index (χ2n) is 21.2. The summed E-state index contributed by atoms with van der Waals surface area (Å²) in [6.07, 6.45) is 3.71. The van der Waals surface area contributed by atoms with Crippen LogP contribution in [0.2, 0.25) is 0 Å². The largest absolute Gasteiger partial charge is 0.468 e. The van der Waals surface area contributed by atoms with Crippen molar-refractivity contribution in [1.82, 2.24) is 45.8 Å². The number of ether oxygens (including phenoxy) is 2. The lowest BCUT2D eigenvalue weighted by molar-refractivity contribution is -0.164. The Bertz CT molecular complexity index is 1930. The minimum absolute atomic E-state index is 0.0937. The van der Waals surface area contributed by atoms with Gasteiger partial charge in [-0.05, 0) is 89.5 Å². The molecule has 0 aromatic rings. The second-order valence-corrected chi connectivity index (χ2v) is 21.2. The molecule has 8 amide bonds. The standard InChI is InChI=1S/C53H95N9O12/c1-22-24-25-34(11)45(74-37(14)63)44(48(67)57-38(23-2)50(69)58(16)29-42(64)73-21)62(20)53(72)43(33(9)10)61(19)52(71)41(28-32(7)8)60(18)51(70)40(27-31(5)6)59(17)49(68)36(13)56-46(65)35(12)55-47(66)39(54-15)26-30(3)4/h22,24,30-36,38-41,43-45,54H,23,25-29H2,1-21H3,(H,55,66)(H,56,65)(H,57,67)/b24-22+/t34-,35+,36-,38+,39+,40+,41+,43+,44+,45-/m1/s1. The molecule has 0 saturated heterocycles. The molecule has 10 atom stereocenters. The van der Waals surface area contributed by atoms with Crippen molar-refractivity contribution >= 4 is 59.2 Å². The molecule has 0 aromatic heterocycles. The fourth-order valence-corrected chi connectivity index (χ4v) is 8.72. The number of nitrogens with one attached hydrogen (secondary N) is 4. The predicted octanol–water partition coefficient (Wildman–Crippen LogP) is 2.75. The van der Waals surface area contributed by atoms with Gasteiger partial charge < -0.3 is 55.2 Å². The number of hydrogen-bond donors (Lipinski definition) is 4. The van der Waals surface area contributed by atoms with Gasteiger partial charge in [0, 0.05) is 42.2 Å². The summed E-state index contributed by atoms with van der Waals surface area (Å²) in [6.45, 7) is 23.9. The van der Waals surface area contributed by atoms with Gasteiger partial charge in [0.1, 0.15) is 54.9 Å². The molecule has 0 bridgehead atoms. The van der Waals surface area contributed by atoms with Crippen molar-refractivity contribution in [2.75, 3.05) is 55.9 Å². The molecule has 0 spiro atoms. The van der Waals surface area contributed by atoms with E-state index >= 15 is 9.59 Å². The average Bonchev–Trinajstić information content (AvgIpc) is 3.32. The first-order chi connectivity index (χ1) is 34.2. The van der Waals surface area contributed by atoms with Crippen LogP contribution >= 0.6 is 0 Å². The number of carbonyl (C=O) groups is 10. The van der Waals surface area contributed by atoms with Crippen molar-refractivity contribution in [2.24, 2.45) is 29.6 Å². The Morgan fingerprint density at radius 3 is 1.46 bits per heavy atom. The van der Waals surface area contributed by atoms with E-state index in [-0.39, 0.29) is 49.5 Å². The fourth-order valence-electron chi connectivity index (χ4n) is 8.72. The summed E-state index contributed by atoms with van der Waals surface area (Å²) in [4.78, 5) is 144. The van der Waals surface area contributed by atoms with Crippen LogP contribution in [0.1, 0.15) is 129 Å². The number of esters is 2. The second kappa shape index (κ2) is 32.7. The number of hydrogen-bond acceptors (Lipinski definition) is 13. The Hall–Kier alpha value is -5.60. The highest BCUT2D eigenvalue weighted by Crippen LogP contribution is 2.26. The van der Waals surface area contributed by atoms with Gasteiger partial charge in [0.25, 0.3) is 0 Å². The number of methoxy groups -OCH3 is 1. The molecule has 0 rings (SSSR count). The molecule has 0 saturated carbocycles. The van der Waals surface area contributed by atoms with Gasteiger partial charge in [-0.3, -0.25) is 47.9 Å². The molecule has 21 nitrogen and oxygen atoms in total.